The number of rotatable bonds is 6. The van der Waals surface area contributed by atoms with E-state index in [4.69, 9.17) is 26.8 Å². The Hall–Kier alpha value is -2.89. The van der Waals surface area contributed by atoms with Crippen LogP contribution < -0.4 is 5.32 Å². The molecular weight excluding hydrogens is 360 g/mol. The number of aliphatic hydroxyl groups is 1. The summed E-state index contributed by atoms with van der Waals surface area (Å²) in [7, 11) is 0. The third-order valence-corrected chi connectivity index (χ3v) is 4.49. The van der Waals surface area contributed by atoms with E-state index in [0.29, 0.717) is 18.0 Å². The molecule has 0 aliphatic heterocycles. The van der Waals surface area contributed by atoms with Gasteiger partial charge in [-0.15, -0.1) is 0 Å². The van der Waals surface area contributed by atoms with Gasteiger partial charge in [0.1, 0.15) is 5.82 Å². The van der Waals surface area contributed by atoms with Gasteiger partial charge in [-0.2, -0.15) is 9.61 Å². The first-order valence-electron chi connectivity index (χ1n) is 8.81. The first-order valence-corrected chi connectivity index (χ1v) is 9.19. The van der Waals surface area contributed by atoms with E-state index < -0.39 is 0 Å². The maximum atomic E-state index is 9.08. The van der Waals surface area contributed by atoms with Crippen LogP contribution in [0.3, 0.4) is 0 Å². The van der Waals surface area contributed by atoms with E-state index in [1.54, 1.807) is 4.52 Å². The summed E-state index contributed by atoms with van der Waals surface area (Å²) in [6.07, 6.45) is 0.660. The normalized spacial score (nSPS) is 11.0. The van der Waals surface area contributed by atoms with Crippen molar-refractivity contribution in [1.29, 1.82) is 0 Å². The summed E-state index contributed by atoms with van der Waals surface area (Å²) >= 11 is 6.13. The van der Waals surface area contributed by atoms with Crippen molar-refractivity contribution in [2.24, 2.45) is 0 Å². The van der Waals surface area contributed by atoms with Gasteiger partial charge in [-0.1, -0.05) is 54.1 Å². The fourth-order valence-corrected chi connectivity index (χ4v) is 3.13. The quantitative estimate of drug-likeness (QED) is 0.484. The molecule has 0 saturated heterocycles. The summed E-state index contributed by atoms with van der Waals surface area (Å²) in [5.41, 5.74) is 4.40. The number of hydrogen-bond donors (Lipinski definition) is 2. The zero-order valence-electron chi connectivity index (χ0n) is 14.6. The summed E-state index contributed by atoms with van der Waals surface area (Å²) < 4.78 is 1.79. The van der Waals surface area contributed by atoms with Gasteiger partial charge < -0.3 is 10.4 Å². The Kier molecular flexibility index (Phi) is 5.05. The number of nitrogens with one attached hydrogen (secondary N) is 1. The largest absolute Gasteiger partial charge is 0.396 e. The minimum atomic E-state index is 0.139. The number of benzene rings is 2. The van der Waals surface area contributed by atoms with Gasteiger partial charge in [0.2, 0.25) is 0 Å². The van der Waals surface area contributed by atoms with Gasteiger partial charge in [-0.25, -0.2) is 4.98 Å². The Morgan fingerprint density at radius 3 is 2.52 bits per heavy atom. The van der Waals surface area contributed by atoms with E-state index in [2.05, 4.69) is 5.32 Å². The monoisotopic (exact) mass is 378 g/mol. The lowest BCUT2D eigenvalue weighted by Crippen LogP contribution is -2.09. The van der Waals surface area contributed by atoms with E-state index >= 15 is 0 Å². The third-order valence-electron chi connectivity index (χ3n) is 4.26. The minimum absolute atomic E-state index is 0.139. The Bertz CT molecular complexity index is 1060. The van der Waals surface area contributed by atoms with Gasteiger partial charge in [0.05, 0.1) is 11.4 Å². The van der Waals surface area contributed by atoms with E-state index in [9.17, 15) is 0 Å². The smallest absolute Gasteiger partial charge is 0.158 e. The highest BCUT2D eigenvalue weighted by atomic mass is 35.5. The first kappa shape index (κ1) is 17.5. The van der Waals surface area contributed by atoms with E-state index in [1.165, 1.54) is 0 Å². The van der Waals surface area contributed by atoms with Crippen molar-refractivity contribution in [3.63, 3.8) is 0 Å². The molecule has 0 unspecified atom stereocenters. The van der Waals surface area contributed by atoms with Crippen LogP contribution in [0, 0.1) is 0 Å². The molecule has 27 heavy (non-hydrogen) atoms. The van der Waals surface area contributed by atoms with Gasteiger partial charge in [0.25, 0.3) is 0 Å². The van der Waals surface area contributed by atoms with Crippen LogP contribution in [0.5, 0.6) is 0 Å². The number of halogens is 1. The standard InChI is InChI=1S/C21H19ClN4O/c22-17-9-4-8-16(12-17)19-14-21-24-18(15-6-2-1-3-7-15)13-20(26(21)25-19)23-10-5-11-27/h1-4,6-9,12-14,23,27H,5,10-11H2. The van der Waals surface area contributed by atoms with Crippen molar-refractivity contribution in [2.75, 3.05) is 18.5 Å². The molecular formula is C21H19ClN4O. The molecule has 136 valence electrons. The van der Waals surface area contributed by atoms with Gasteiger partial charge in [0.15, 0.2) is 5.65 Å². The van der Waals surface area contributed by atoms with Gasteiger partial charge in [-0.05, 0) is 18.6 Å². The Morgan fingerprint density at radius 2 is 1.74 bits per heavy atom. The van der Waals surface area contributed by atoms with Crippen LogP contribution in [0.15, 0.2) is 66.7 Å². The molecule has 2 N–H and O–H groups in total. The van der Waals surface area contributed by atoms with Gasteiger partial charge in [-0.3, -0.25) is 0 Å². The Labute approximate surface area is 162 Å². The molecule has 4 aromatic rings. The topological polar surface area (TPSA) is 62.5 Å². The second kappa shape index (κ2) is 7.78. The van der Waals surface area contributed by atoms with Crippen molar-refractivity contribution < 1.29 is 5.11 Å². The van der Waals surface area contributed by atoms with E-state index in [0.717, 1.165) is 34.0 Å². The maximum Gasteiger partial charge on any atom is 0.158 e. The summed E-state index contributed by atoms with van der Waals surface area (Å²) in [5, 5.41) is 17.8. The molecule has 6 heteroatoms. The van der Waals surface area contributed by atoms with Crippen LogP contribution in [0.25, 0.3) is 28.2 Å². The summed E-state index contributed by atoms with van der Waals surface area (Å²) in [6, 6.07) is 21.6. The summed E-state index contributed by atoms with van der Waals surface area (Å²) in [4.78, 5) is 4.78. The van der Waals surface area contributed by atoms with Gasteiger partial charge in [0, 0.05) is 41.4 Å². The number of hydrogen-bond acceptors (Lipinski definition) is 4. The van der Waals surface area contributed by atoms with Crippen LogP contribution >= 0.6 is 11.6 Å². The molecule has 2 heterocycles. The maximum absolute atomic E-state index is 9.08. The van der Waals surface area contributed by atoms with E-state index in [1.807, 2.05) is 66.7 Å². The van der Waals surface area contributed by atoms with E-state index in [-0.39, 0.29) is 6.61 Å². The highest BCUT2D eigenvalue weighted by Crippen LogP contribution is 2.27. The predicted molar refractivity (Wildman–Crippen MR) is 109 cm³/mol. The second-order valence-corrected chi connectivity index (χ2v) is 6.64. The number of anilines is 1. The summed E-state index contributed by atoms with van der Waals surface area (Å²) in [6.45, 7) is 0.788. The fourth-order valence-electron chi connectivity index (χ4n) is 2.94. The first-order chi connectivity index (χ1) is 13.2. The molecule has 4 rings (SSSR count). The predicted octanol–water partition coefficient (Wildman–Crippen LogP) is 4.51. The van der Waals surface area contributed by atoms with Crippen LogP contribution in [0.2, 0.25) is 5.02 Å². The minimum Gasteiger partial charge on any atom is -0.396 e. The lowest BCUT2D eigenvalue weighted by Gasteiger charge is -2.10. The molecule has 0 bridgehead atoms. The average molecular weight is 379 g/mol. The molecule has 2 aromatic carbocycles. The van der Waals surface area contributed by atoms with Crippen LogP contribution in [0.1, 0.15) is 6.42 Å². The lowest BCUT2D eigenvalue weighted by atomic mass is 10.1. The zero-order valence-corrected chi connectivity index (χ0v) is 15.4. The summed E-state index contributed by atoms with van der Waals surface area (Å²) in [5.74, 6) is 0.834. The molecule has 0 saturated carbocycles. The highest BCUT2D eigenvalue weighted by Gasteiger charge is 2.12. The van der Waals surface area contributed by atoms with Crippen LogP contribution in [0.4, 0.5) is 5.82 Å². The molecule has 0 amide bonds. The molecule has 0 aliphatic rings. The molecule has 2 aromatic heterocycles. The second-order valence-electron chi connectivity index (χ2n) is 6.21. The molecule has 0 aliphatic carbocycles. The third kappa shape index (κ3) is 3.79. The van der Waals surface area contributed by atoms with Crippen molar-refractivity contribution in [3.8, 4) is 22.5 Å². The molecule has 0 fully saturated rings. The Morgan fingerprint density at radius 1 is 0.926 bits per heavy atom. The SMILES string of the molecule is OCCCNc1cc(-c2ccccc2)nc2cc(-c3cccc(Cl)c3)nn12. The molecule has 0 atom stereocenters. The van der Waals surface area contributed by atoms with Crippen molar-refractivity contribution in [2.45, 2.75) is 6.42 Å². The fraction of sp³-hybridized carbons (Fsp3) is 0.143. The lowest BCUT2D eigenvalue weighted by molar-refractivity contribution is 0.292. The zero-order chi connectivity index (χ0) is 18.6. The average Bonchev–Trinajstić information content (AvgIpc) is 3.13. The van der Waals surface area contributed by atoms with Crippen molar-refractivity contribution >= 4 is 23.1 Å². The molecule has 0 radical (unpaired) electrons. The van der Waals surface area contributed by atoms with Gasteiger partial charge >= 0.3 is 0 Å². The number of fused-ring (bicyclic) bond motifs is 1. The number of aromatic nitrogens is 3. The Balaban J connectivity index is 1.83. The van der Waals surface area contributed by atoms with Crippen LogP contribution in [-0.4, -0.2) is 32.9 Å². The van der Waals surface area contributed by atoms with Crippen molar-refractivity contribution in [1.82, 2.24) is 14.6 Å². The highest BCUT2D eigenvalue weighted by molar-refractivity contribution is 6.30. The van der Waals surface area contributed by atoms with Crippen molar-refractivity contribution in [3.05, 3.63) is 71.8 Å². The molecule has 5 nitrogen and oxygen atoms in total. The van der Waals surface area contributed by atoms with Crippen LogP contribution in [-0.2, 0) is 0 Å². The number of nitrogens with zero attached hydrogens (tertiary/aromatic N) is 3. The number of aliphatic hydroxyl groups excluding tert-OH is 1. The molecule has 0 spiro atoms.